The zero-order chi connectivity index (χ0) is 17.3. The number of amides is 1. The van der Waals surface area contributed by atoms with E-state index in [2.05, 4.69) is 25.9 Å². The SMILES string of the molecule is Cc1c(Br)cnn1[C@@H](C)C(=O)N1CCN(c2ccc(F)cc2)CC1. The Morgan fingerprint density at radius 2 is 1.83 bits per heavy atom. The topological polar surface area (TPSA) is 41.4 Å². The molecule has 0 bridgehead atoms. The van der Waals surface area contributed by atoms with E-state index < -0.39 is 0 Å². The van der Waals surface area contributed by atoms with Gasteiger partial charge in [-0.2, -0.15) is 5.10 Å². The summed E-state index contributed by atoms with van der Waals surface area (Å²) >= 11 is 3.43. The number of carbonyl (C=O) groups excluding carboxylic acids is 1. The van der Waals surface area contributed by atoms with Crippen LogP contribution in [0.25, 0.3) is 0 Å². The highest BCUT2D eigenvalue weighted by atomic mass is 79.9. The number of benzene rings is 1. The maximum absolute atomic E-state index is 13.0. The number of nitrogens with zero attached hydrogens (tertiary/aromatic N) is 4. The van der Waals surface area contributed by atoms with Gasteiger partial charge in [-0.05, 0) is 54.0 Å². The summed E-state index contributed by atoms with van der Waals surface area (Å²) in [7, 11) is 0. The van der Waals surface area contributed by atoms with Crippen molar-refractivity contribution in [3.63, 3.8) is 0 Å². The highest BCUT2D eigenvalue weighted by Gasteiger charge is 2.27. The standard InChI is InChI=1S/C17H20BrFN4O/c1-12-16(18)11-20-23(12)13(2)17(24)22-9-7-21(8-10-22)15-5-3-14(19)4-6-15/h3-6,11,13H,7-10H2,1-2H3/t13-/m0/s1. The monoisotopic (exact) mass is 394 g/mol. The molecule has 1 aromatic carbocycles. The highest BCUT2D eigenvalue weighted by Crippen LogP contribution is 2.21. The van der Waals surface area contributed by atoms with Gasteiger partial charge in [-0.1, -0.05) is 0 Å². The summed E-state index contributed by atoms with van der Waals surface area (Å²) in [5, 5.41) is 4.28. The molecule has 1 aliphatic rings. The summed E-state index contributed by atoms with van der Waals surface area (Å²) in [6, 6.07) is 6.16. The zero-order valence-corrected chi connectivity index (χ0v) is 15.3. The van der Waals surface area contributed by atoms with Gasteiger partial charge in [0.15, 0.2) is 0 Å². The second-order valence-corrected chi connectivity index (χ2v) is 6.84. The second kappa shape index (κ2) is 6.93. The van der Waals surface area contributed by atoms with Gasteiger partial charge in [0.2, 0.25) is 5.91 Å². The van der Waals surface area contributed by atoms with E-state index in [0.29, 0.717) is 13.1 Å². The number of hydrogen-bond acceptors (Lipinski definition) is 3. The van der Waals surface area contributed by atoms with Crippen LogP contribution in [0.1, 0.15) is 18.7 Å². The minimum atomic E-state index is -0.325. The average Bonchev–Trinajstić information content (AvgIpc) is 2.94. The predicted octanol–water partition coefficient (Wildman–Crippen LogP) is 3.00. The summed E-state index contributed by atoms with van der Waals surface area (Å²) in [4.78, 5) is 16.8. The van der Waals surface area contributed by atoms with E-state index in [1.165, 1.54) is 12.1 Å². The number of carbonyl (C=O) groups is 1. The number of aromatic nitrogens is 2. The predicted molar refractivity (Wildman–Crippen MR) is 94.6 cm³/mol. The van der Waals surface area contributed by atoms with E-state index in [9.17, 15) is 9.18 Å². The number of piperazine rings is 1. The van der Waals surface area contributed by atoms with Crippen LogP contribution in [-0.4, -0.2) is 46.8 Å². The van der Waals surface area contributed by atoms with Crippen LogP contribution in [0.5, 0.6) is 0 Å². The van der Waals surface area contributed by atoms with Crippen molar-refractivity contribution in [2.75, 3.05) is 31.1 Å². The van der Waals surface area contributed by atoms with Gasteiger partial charge in [-0.25, -0.2) is 4.39 Å². The first-order chi connectivity index (χ1) is 11.5. The highest BCUT2D eigenvalue weighted by molar-refractivity contribution is 9.10. The van der Waals surface area contributed by atoms with Crippen molar-refractivity contribution in [2.45, 2.75) is 19.9 Å². The average molecular weight is 395 g/mol. The lowest BCUT2D eigenvalue weighted by molar-refractivity contribution is -0.134. The van der Waals surface area contributed by atoms with Crippen molar-refractivity contribution >= 4 is 27.5 Å². The Kier molecular flexibility index (Phi) is 4.89. The summed E-state index contributed by atoms with van der Waals surface area (Å²) in [6.07, 6.45) is 1.71. The lowest BCUT2D eigenvalue weighted by atomic mass is 10.2. The second-order valence-electron chi connectivity index (χ2n) is 5.99. The molecule has 3 rings (SSSR count). The summed E-state index contributed by atoms with van der Waals surface area (Å²) in [5.74, 6) is -0.158. The molecular formula is C17H20BrFN4O. The fraction of sp³-hybridized carbons (Fsp3) is 0.412. The van der Waals surface area contributed by atoms with E-state index >= 15 is 0 Å². The molecule has 0 radical (unpaired) electrons. The third kappa shape index (κ3) is 3.31. The molecule has 1 atom stereocenters. The van der Waals surface area contributed by atoms with Gasteiger partial charge < -0.3 is 9.80 Å². The maximum Gasteiger partial charge on any atom is 0.247 e. The van der Waals surface area contributed by atoms with Gasteiger partial charge in [-0.3, -0.25) is 9.48 Å². The van der Waals surface area contributed by atoms with Gasteiger partial charge in [0.1, 0.15) is 11.9 Å². The number of hydrogen-bond donors (Lipinski definition) is 0. The van der Waals surface area contributed by atoms with Gasteiger partial charge >= 0.3 is 0 Å². The van der Waals surface area contributed by atoms with E-state index in [1.54, 1.807) is 23.0 Å². The van der Waals surface area contributed by atoms with Gasteiger partial charge in [0, 0.05) is 31.9 Å². The Bertz CT molecular complexity index is 723. The molecule has 0 unspecified atom stereocenters. The van der Waals surface area contributed by atoms with Crippen LogP contribution >= 0.6 is 15.9 Å². The smallest absolute Gasteiger partial charge is 0.247 e. The molecule has 1 fully saturated rings. The molecule has 0 spiro atoms. The van der Waals surface area contributed by atoms with Gasteiger partial charge in [0.25, 0.3) is 0 Å². The van der Waals surface area contributed by atoms with Crippen LogP contribution in [0.4, 0.5) is 10.1 Å². The third-order valence-electron chi connectivity index (χ3n) is 4.49. The lowest BCUT2D eigenvalue weighted by Gasteiger charge is -2.37. The van der Waals surface area contributed by atoms with Crippen LogP contribution in [0.15, 0.2) is 34.9 Å². The summed E-state index contributed by atoms with van der Waals surface area (Å²) < 4.78 is 15.7. The fourth-order valence-corrected chi connectivity index (χ4v) is 3.27. The first-order valence-electron chi connectivity index (χ1n) is 7.96. The number of anilines is 1. The molecule has 2 heterocycles. The maximum atomic E-state index is 13.0. The van der Waals surface area contributed by atoms with Crippen molar-refractivity contribution in [1.29, 1.82) is 0 Å². The minimum Gasteiger partial charge on any atom is -0.368 e. The summed E-state index contributed by atoms with van der Waals surface area (Å²) in [6.45, 7) is 6.61. The van der Waals surface area contributed by atoms with Crippen LogP contribution in [0, 0.1) is 12.7 Å². The first-order valence-corrected chi connectivity index (χ1v) is 8.75. The fourth-order valence-electron chi connectivity index (χ4n) is 3.00. The number of halogens is 2. The van der Waals surface area contributed by atoms with E-state index in [1.807, 2.05) is 18.7 Å². The summed E-state index contributed by atoms with van der Waals surface area (Å²) in [5.41, 5.74) is 1.93. The Morgan fingerprint density at radius 1 is 1.21 bits per heavy atom. The first kappa shape index (κ1) is 17.0. The normalized spacial score (nSPS) is 16.3. The van der Waals surface area contributed by atoms with Crippen molar-refractivity contribution in [2.24, 2.45) is 0 Å². The van der Waals surface area contributed by atoms with Gasteiger partial charge in [-0.15, -0.1) is 0 Å². The molecule has 1 amide bonds. The van der Waals surface area contributed by atoms with Crippen molar-refractivity contribution in [1.82, 2.24) is 14.7 Å². The molecular weight excluding hydrogens is 375 g/mol. The Morgan fingerprint density at radius 3 is 2.38 bits per heavy atom. The Labute approximate surface area is 149 Å². The number of rotatable bonds is 3. The molecule has 24 heavy (non-hydrogen) atoms. The van der Waals surface area contributed by atoms with Crippen molar-refractivity contribution in [3.05, 3.63) is 46.4 Å². The molecule has 2 aromatic rings. The van der Waals surface area contributed by atoms with Gasteiger partial charge in [0.05, 0.1) is 16.4 Å². The molecule has 0 aliphatic carbocycles. The van der Waals surface area contributed by atoms with Crippen LogP contribution < -0.4 is 4.90 Å². The van der Waals surface area contributed by atoms with E-state index in [0.717, 1.165) is 28.9 Å². The molecule has 0 N–H and O–H groups in total. The molecule has 128 valence electrons. The molecule has 1 aromatic heterocycles. The largest absolute Gasteiger partial charge is 0.368 e. The quantitative estimate of drug-likeness (QED) is 0.803. The third-order valence-corrected chi connectivity index (χ3v) is 5.27. The lowest BCUT2D eigenvalue weighted by Crippen LogP contribution is -2.50. The Hall–Kier alpha value is -1.89. The van der Waals surface area contributed by atoms with E-state index in [-0.39, 0.29) is 17.8 Å². The van der Waals surface area contributed by atoms with Crippen LogP contribution in [0.2, 0.25) is 0 Å². The molecule has 5 nitrogen and oxygen atoms in total. The molecule has 7 heteroatoms. The van der Waals surface area contributed by atoms with Crippen LogP contribution in [0.3, 0.4) is 0 Å². The Balaban J connectivity index is 1.62. The molecule has 0 saturated carbocycles. The van der Waals surface area contributed by atoms with E-state index in [4.69, 9.17) is 0 Å². The van der Waals surface area contributed by atoms with Crippen molar-refractivity contribution in [3.8, 4) is 0 Å². The van der Waals surface area contributed by atoms with Crippen molar-refractivity contribution < 1.29 is 9.18 Å². The molecule has 1 saturated heterocycles. The zero-order valence-electron chi connectivity index (χ0n) is 13.7. The molecule has 1 aliphatic heterocycles. The van der Waals surface area contributed by atoms with Crippen LogP contribution in [-0.2, 0) is 4.79 Å². The minimum absolute atomic E-state index is 0.0763.